The zero-order valence-electron chi connectivity index (χ0n) is 15.1. The Hall–Kier alpha value is -1.75. The van der Waals surface area contributed by atoms with Gasteiger partial charge in [0.2, 0.25) is 10.6 Å². The molecule has 0 spiro atoms. The molecule has 0 radical (unpaired) electrons. The number of fused-ring (bicyclic) bond motifs is 1. The van der Waals surface area contributed by atoms with Gasteiger partial charge in [-0.1, -0.05) is 81.8 Å². The van der Waals surface area contributed by atoms with Gasteiger partial charge in [0.15, 0.2) is 5.13 Å². The lowest BCUT2D eigenvalue weighted by Crippen LogP contribution is -2.13. The minimum absolute atomic E-state index is 0.0543. The number of hydrogen-bond donors (Lipinski definition) is 1. The van der Waals surface area contributed by atoms with Gasteiger partial charge in [0.1, 0.15) is 0 Å². The van der Waals surface area contributed by atoms with E-state index in [2.05, 4.69) is 17.2 Å². The molecule has 0 aliphatic rings. The first-order valence-corrected chi connectivity index (χ1v) is 10.2. The quantitative estimate of drug-likeness (QED) is 0.537. The number of anilines is 1. The molecule has 0 saturated carbocycles. The van der Waals surface area contributed by atoms with Gasteiger partial charge in [0.25, 0.3) is 0 Å². The Morgan fingerprint density at radius 3 is 2.36 bits per heavy atom. The Balaban J connectivity index is 1.66. The van der Waals surface area contributed by atoms with Gasteiger partial charge in [-0.25, -0.2) is 4.98 Å². The van der Waals surface area contributed by atoms with Crippen molar-refractivity contribution in [3.05, 3.63) is 33.8 Å². The molecule has 0 bridgehead atoms. The van der Waals surface area contributed by atoms with Crippen LogP contribution in [0.1, 0.15) is 71.1 Å². The summed E-state index contributed by atoms with van der Waals surface area (Å²) in [7, 11) is 0. The van der Waals surface area contributed by atoms with Gasteiger partial charge < -0.3 is 5.32 Å². The molecule has 0 fully saturated rings. The summed E-state index contributed by atoms with van der Waals surface area (Å²) in [5.41, 5.74) is 0.629. The molecule has 136 valence electrons. The zero-order valence-corrected chi connectivity index (χ0v) is 15.9. The highest BCUT2D eigenvalue weighted by molar-refractivity contribution is 7.13. The van der Waals surface area contributed by atoms with Crippen LogP contribution >= 0.6 is 11.3 Å². The van der Waals surface area contributed by atoms with Crippen molar-refractivity contribution in [3.63, 3.8) is 0 Å². The minimum Gasteiger partial charge on any atom is -0.302 e. The van der Waals surface area contributed by atoms with E-state index in [-0.39, 0.29) is 10.6 Å². The third-order valence-corrected chi connectivity index (χ3v) is 5.08. The van der Waals surface area contributed by atoms with Crippen LogP contribution in [0.2, 0.25) is 0 Å². The van der Waals surface area contributed by atoms with E-state index in [4.69, 9.17) is 0 Å². The highest BCUT2D eigenvalue weighted by Gasteiger charge is 2.07. The maximum Gasteiger partial charge on any atom is 0.245 e. The average Bonchev–Trinajstić information content (AvgIpc) is 2.60. The van der Waals surface area contributed by atoms with E-state index in [0.29, 0.717) is 22.5 Å². The van der Waals surface area contributed by atoms with E-state index in [0.717, 1.165) is 24.2 Å². The standard InChI is InChI=1S/C20H28N2O2S/c1-2-3-4-5-6-7-8-9-10-15-18(23)22-20-21-17-14-12-11-13-16(17)19(24)25-20/h11-14H,2-10,15H2,1H3,(H,21,22,23). The Kier molecular flexibility index (Phi) is 8.60. The third-order valence-electron chi connectivity index (χ3n) is 4.29. The predicted octanol–water partition coefficient (Wildman–Crippen LogP) is 5.52. The number of nitrogens with zero attached hydrogens (tertiary/aromatic N) is 1. The maximum absolute atomic E-state index is 12.0. The number of unbranched alkanes of at least 4 members (excludes halogenated alkanes) is 8. The molecule has 5 heteroatoms. The van der Waals surface area contributed by atoms with Crippen molar-refractivity contribution in [2.75, 3.05) is 5.32 Å². The molecule has 0 aliphatic carbocycles. The van der Waals surface area contributed by atoms with Crippen molar-refractivity contribution < 1.29 is 4.79 Å². The van der Waals surface area contributed by atoms with Gasteiger partial charge in [-0.2, -0.15) is 0 Å². The summed E-state index contributed by atoms with van der Waals surface area (Å²) in [5.74, 6) is -0.0543. The molecule has 2 rings (SSSR count). The monoisotopic (exact) mass is 360 g/mol. The van der Waals surface area contributed by atoms with Crippen molar-refractivity contribution in [1.82, 2.24) is 4.98 Å². The fraction of sp³-hybridized carbons (Fsp3) is 0.550. The summed E-state index contributed by atoms with van der Waals surface area (Å²) in [5, 5.41) is 3.76. The number of aromatic nitrogens is 1. The van der Waals surface area contributed by atoms with Crippen LogP contribution in [0.5, 0.6) is 0 Å². The van der Waals surface area contributed by atoms with Gasteiger partial charge in [-0.05, 0) is 18.6 Å². The molecule has 1 aromatic carbocycles. The molecule has 1 amide bonds. The van der Waals surface area contributed by atoms with Crippen LogP contribution in [0.3, 0.4) is 0 Å². The molecular formula is C20H28N2O2S. The smallest absolute Gasteiger partial charge is 0.245 e. The van der Waals surface area contributed by atoms with E-state index in [1.807, 2.05) is 12.1 Å². The second-order valence-corrected chi connectivity index (χ2v) is 7.41. The number of carbonyl (C=O) groups excluding carboxylic acids is 1. The molecule has 0 aliphatic heterocycles. The highest BCUT2D eigenvalue weighted by atomic mass is 32.1. The van der Waals surface area contributed by atoms with E-state index >= 15 is 0 Å². The van der Waals surface area contributed by atoms with Gasteiger partial charge >= 0.3 is 0 Å². The molecule has 0 unspecified atom stereocenters. The number of nitrogens with one attached hydrogen (secondary N) is 1. The lowest BCUT2D eigenvalue weighted by Gasteiger charge is -2.05. The predicted molar refractivity (Wildman–Crippen MR) is 106 cm³/mol. The first-order chi connectivity index (χ1) is 12.2. The van der Waals surface area contributed by atoms with Crippen molar-refractivity contribution in [1.29, 1.82) is 0 Å². The second-order valence-electron chi connectivity index (χ2n) is 6.45. The summed E-state index contributed by atoms with van der Waals surface area (Å²) in [6.07, 6.45) is 11.5. The molecule has 1 aromatic heterocycles. The van der Waals surface area contributed by atoms with Gasteiger partial charge in [-0.15, -0.1) is 0 Å². The summed E-state index contributed by atoms with van der Waals surface area (Å²) < 4.78 is -0.0658. The van der Waals surface area contributed by atoms with Crippen LogP contribution in [-0.2, 0) is 4.79 Å². The number of benzene rings is 1. The Morgan fingerprint density at radius 2 is 1.64 bits per heavy atom. The van der Waals surface area contributed by atoms with Crippen LogP contribution in [0, 0.1) is 0 Å². The number of amides is 1. The Labute approximate surface area is 153 Å². The molecular weight excluding hydrogens is 332 g/mol. The first-order valence-electron chi connectivity index (χ1n) is 9.40. The van der Waals surface area contributed by atoms with Crippen LogP contribution in [0.25, 0.3) is 10.9 Å². The van der Waals surface area contributed by atoms with Gasteiger partial charge in [0.05, 0.1) is 10.9 Å². The molecule has 25 heavy (non-hydrogen) atoms. The first kappa shape index (κ1) is 19.6. The molecule has 4 nitrogen and oxygen atoms in total. The van der Waals surface area contributed by atoms with Crippen molar-refractivity contribution in [3.8, 4) is 0 Å². The van der Waals surface area contributed by atoms with Gasteiger partial charge in [-0.3, -0.25) is 9.59 Å². The maximum atomic E-state index is 12.0. The molecule has 0 saturated heterocycles. The molecule has 1 N–H and O–H groups in total. The highest BCUT2D eigenvalue weighted by Crippen LogP contribution is 2.15. The van der Waals surface area contributed by atoms with E-state index < -0.39 is 0 Å². The molecule has 0 atom stereocenters. The topological polar surface area (TPSA) is 59.1 Å². The third kappa shape index (κ3) is 6.94. The fourth-order valence-electron chi connectivity index (χ4n) is 2.85. The number of carbonyl (C=O) groups is 1. The largest absolute Gasteiger partial charge is 0.302 e. The van der Waals surface area contributed by atoms with E-state index in [1.54, 1.807) is 12.1 Å². The molecule has 1 heterocycles. The van der Waals surface area contributed by atoms with Crippen molar-refractivity contribution in [2.45, 2.75) is 71.1 Å². The Morgan fingerprint density at radius 1 is 1.00 bits per heavy atom. The normalized spacial score (nSPS) is 10.9. The van der Waals surface area contributed by atoms with E-state index in [1.165, 1.54) is 44.9 Å². The second kappa shape index (κ2) is 11.0. The molecule has 2 aromatic rings. The summed E-state index contributed by atoms with van der Waals surface area (Å²) in [6, 6.07) is 7.21. The number of rotatable bonds is 11. The minimum atomic E-state index is -0.0658. The number of hydrogen-bond acceptors (Lipinski definition) is 4. The van der Waals surface area contributed by atoms with Crippen molar-refractivity contribution >= 4 is 33.3 Å². The van der Waals surface area contributed by atoms with Crippen LogP contribution in [0.15, 0.2) is 29.1 Å². The lowest BCUT2D eigenvalue weighted by atomic mass is 10.1. The Bertz CT molecular complexity index is 727. The summed E-state index contributed by atoms with van der Waals surface area (Å²) in [6.45, 7) is 2.23. The summed E-state index contributed by atoms with van der Waals surface area (Å²) >= 11 is 0.993. The van der Waals surface area contributed by atoms with E-state index in [9.17, 15) is 9.59 Å². The van der Waals surface area contributed by atoms with Crippen LogP contribution in [-0.4, -0.2) is 10.9 Å². The lowest BCUT2D eigenvalue weighted by molar-refractivity contribution is -0.116. The number of para-hydroxylation sites is 1. The SMILES string of the molecule is CCCCCCCCCCCC(=O)Nc1nc2ccccc2c(=O)s1. The van der Waals surface area contributed by atoms with Crippen molar-refractivity contribution in [2.24, 2.45) is 0 Å². The summed E-state index contributed by atoms with van der Waals surface area (Å²) in [4.78, 5) is 28.4. The average molecular weight is 361 g/mol. The van der Waals surface area contributed by atoms with Crippen LogP contribution in [0.4, 0.5) is 5.13 Å². The van der Waals surface area contributed by atoms with Crippen LogP contribution < -0.4 is 10.1 Å². The van der Waals surface area contributed by atoms with Gasteiger partial charge in [0, 0.05) is 6.42 Å². The fourth-order valence-corrected chi connectivity index (χ4v) is 3.62. The zero-order chi connectivity index (χ0) is 17.9.